The van der Waals surface area contributed by atoms with Crippen LogP contribution in [0.4, 0.5) is 0 Å². The zero-order valence-corrected chi connectivity index (χ0v) is 11.4. The van der Waals surface area contributed by atoms with Gasteiger partial charge in [-0.05, 0) is 48.2 Å². The van der Waals surface area contributed by atoms with Gasteiger partial charge >= 0.3 is 0 Å². The summed E-state index contributed by atoms with van der Waals surface area (Å²) in [6, 6.07) is 1.88. The molecule has 5 heteroatoms. The second-order valence-electron chi connectivity index (χ2n) is 4.75. The highest BCUT2D eigenvalue weighted by Gasteiger charge is 2.38. The Balaban J connectivity index is 1.88. The summed E-state index contributed by atoms with van der Waals surface area (Å²) >= 11 is 1.55. The Morgan fingerprint density at radius 2 is 2.56 bits per heavy atom. The van der Waals surface area contributed by atoms with Crippen LogP contribution in [0.5, 0.6) is 0 Å². The Hall–Kier alpha value is -0.910. The summed E-state index contributed by atoms with van der Waals surface area (Å²) in [4.78, 5) is 12.2. The van der Waals surface area contributed by atoms with Crippen LogP contribution in [0.3, 0.4) is 0 Å². The number of hydrogen-bond donors (Lipinski definition) is 3. The van der Waals surface area contributed by atoms with Crippen LogP contribution in [0.2, 0.25) is 0 Å². The Labute approximate surface area is 111 Å². The number of amides is 1. The predicted octanol–water partition coefficient (Wildman–Crippen LogP) is 1.43. The van der Waals surface area contributed by atoms with Crippen LogP contribution in [-0.4, -0.2) is 29.6 Å². The molecule has 2 rings (SSSR count). The maximum absolute atomic E-state index is 12.2. The molecule has 0 saturated carbocycles. The van der Waals surface area contributed by atoms with Gasteiger partial charge in [-0.25, -0.2) is 0 Å². The molecule has 2 atom stereocenters. The molecule has 1 aromatic heterocycles. The number of aliphatic hydroxyl groups excluding tert-OH is 1. The van der Waals surface area contributed by atoms with Crippen LogP contribution < -0.4 is 10.6 Å². The minimum Gasteiger partial charge on any atom is -0.387 e. The molecule has 1 amide bonds. The molecule has 0 spiro atoms. The van der Waals surface area contributed by atoms with Gasteiger partial charge in [-0.3, -0.25) is 4.79 Å². The van der Waals surface area contributed by atoms with Gasteiger partial charge in [-0.1, -0.05) is 6.92 Å². The van der Waals surface area contributed by atoms with E-state index in [2.05, 4.69) is 10.6 Å². The molecule has 0 bridgehead atoms. The lowest BCUT2D eigenvalue weighted by Crippen LogP contribution is -2.53. The van der Waals surface area contributed by atoms with Gasteiger partial charge in [0.2, 0.25) is 5.91 Å². The molecule has 2 heterocycles. The van der Waals surface area contributed by atoms with Crippen molar-refractivity contribution < 1.29 is 9.90 Å². The Kier molecular flexibility index (Phi) is 4.37. The minimum atomic E-state index is -0.615. The highest BCUT2D eigenvalue weighted by molar-refractivity contribution is 7.07. The quantitative estimate of drug-likeness (QED) is 0.757. The molecular weight excluding hydrogens is 248 g/mol. The predicted molar refractivity (Wildman–Crippen MR) is 72.5 cm³/mol. The first kappa shape index (κ1) is 13.5. The fourth-order valence-corrected chi connectivity index (χ4v) is 3.11. The van der Waals surface area contributed by atoms with Crippen molar-refractivity contribution in [2.24, 2.45) is 0 Å². The van der Waals surface area contributed by atoms with Crippen LogP contribution in [-0.2, 0) is 4.79 Å². The smallest absolute Gasteiger partial charge is 0.240 e. The van der Waals surface area contributed by atoms with E-state index in [4.69, 9.17) is 0 Å². The van der Waals surface area contributed by atoms with Gasteiger partial charge in [-0.2, -0.15) is 11.3 Å². The van der Waals surface area contributed by atoms with Crippen LogP contribution >= 0.6 is 11.3 Å². The summed E-state index contributed by atoms with van der Waals surface area (Å²) < 4.78 is 0. The van der Waals surface area contributed by atoms with E-state index in [9.17, 15) is 9.90 Å². The summed E-state index contributed by atoms with van der Waals surface area (Å²) in [5.74, 6) is 0.0109. The average molecular weight is 268 g/mol. The summed E-state index contributed by atoms with van der Waals surface area (Å²) in [6.45, 7) is 3.19. The number of hydrogen-bond acceptors (Lipinski definition) is 4. The molecule has 2 unspecified atom stereocenters. The third kappa shape index (κ3) is 2.74. The third-order valence-electron chi connectivity index (χ3n) is 3.67. The van der Waals surface area contributed by atoms with E-state index >= 15 is 0 Å². The lowest BCUT2D eigenvalue weighted by molar-refractivity contribution is -0.127. The SMILES string of the molecule is CCC1(C(=O)NCC(O)c2ccsc2)CCCN1. The zero-order chi connectivity index (χ0) is 13.0. The number of carbonyl (C=O) groups is 1. The molecule has 1 aromatic rings. The van der Waals surface area contributed by atoms with Crippen molar-refractivity contribution in [3.8, 4) is 0 Å². The van der Waals surface area contributed by atoms with Crippen molar-refractivity contribution in [1.82, 2.24) is 10.6 Å². The first-order chi connectivity index (χ1) is 8.68. The van der Waals surface area contributed by atoms with Gasteiger partial charge in [0.05, 0.1) is 11.6 Å². The molecule has 0 radical (unpaired) electrons. The highest BCUT2D eigenvalue weighted by Crippen LogP contribution is 2.23. The Morgan fingerprint density at radius 3 is 3.11 bits per heavy atom. The molecule has 1 aliphatic heterocycles. The lowest BCUT2D eigenvalue weighted by Gasteiger charge is -2.27. The monoisotopic (exact) mass is 268 g/mol. The van der Waals surface area contributed by atoms with Gasteiger partial charge in [0.15, 0.2) is 0 Å². The van der Waals surface area contributed by atoms with Crippen molar-refractivity contribution in [2.45, 2.75) is 37.8 Å². The summed E-state index contributed by atoms with van der Waals surface area (Å²) in [7, 11) is 0. The van der Waals surface area contributed by atoms with E-state index in [1.807, 2.05) is 23.8 Å². The molecule has 1 saturated heterocycles. The number of thiophene rings is 1. The Bertz CT molecular complexity index is 386. The van der Waals surface area contributed by atoms with Gasteiger partial charge in [0.1, 0.15) is 0 Å². The molecule has 0 aliphatic carbocycles. The van der Waals surface area contributed by atoms with Crippen molar-refractivity contribution in [2.75, 3.05) is 13.1 Å². The molecular formula is C13H20N2O2S. The van der Waals surface area contributed by atoms with Crippen molar-refractivity contribution >= 4 is 17.2 Å². The molecule has 0 aromatic carbocycles. The molecule has 18 heavy (non-hydrogen) atoms. The average Bonchev–Trinajstić information content (AvgIpc) is 3.06. The number of rotatable bonds is 5. The van der Waals surface area contributed by atoms with E-state index in [1.165, 1.54) is 0 Å². The highest BCUT2D eigenvalue weighted by atomic mass is 32.1. The van der Waals surface area contributed by atoms with Crippen molar-refractivity contribution in [1.29, 1.82) is 0 Å². The fourth-order valence-electron chi connectivity index (χ4n) is 2.40. The van der Waals surface area contributed by atoms with Crippen molar-refractivity contribution in [3.63, 3.8) is 0 Å². The molecule has 3 N–H and O–H groups in total. The van der Waals surface area contributed by atoms with E-state index in [0.717, 1.165) is 31.4 Å². The molecule has 4 nitrogen and oxygen atoms in total. The normalized spacial score (nSPS) is 25.0. The fraction of sp³-hybridized carbons (Fsp3) is 0.615. The maximum atomic E-state index is 12.2. The largest absolute Gasteiger partial charge is 0.387 e. The molecule has 1 fully saturated rings. The van der Waals surface area contributed by atoms with Crippen LogP contribution in [0.25, 0.3) is 0 Å². The van der Waals surface area contributed by atoms with E-state index in [-0.39, 0.29) is 12.5 Å². The topological polar surface area (TPSA) is 61.4 Å². The number of aliphatic hydroxyl groups is 1. The molecule has 100 valence electrons. The van der Waals surface area contributed by atoms with Gasteiger partial charge in [-0.15, -0.1) is 0 Å². The van der Waals surface area contributed by atoms with Crippen LogP contribution in [0.1, 0.15) is 37.9 Å². The van der Waals surface area contributed by atoms with Crippen LogP contribution in [0, 0.1) is 0 Å². The first-order valence-corrected chi connectivity index (χ1v) is 7.36. The van der Waals surface area contributed by atoms with Crippen LogP contribution in [0.15, 0.2) is 16.8 Å². The third-order valence-corrected chi connectivity index (χ3v) is 4.37. The zero-order valence-electron chi connectivity index (χ0n) is 10.6. The second kappa shape index (κ2) is 5.82. The van der Waals surface area contributed by atoms with Gasteiger partial charge in [0, 0.05) is 6.54 Å². The standard InChI is InChI=1S/C13H20N2O2S/c1-2-13(5-3-6-15-13)12(17)14-8-11(16)10-4-7-18-9-10/h4,7,9,11,15-16H,2-3,5-6,8H2,1H3,(H,14,17). The van der Waals surface area contributed by atoms with E-state index in [1.54, 1.807) is 11.3 Å². The lowest BCUT2D eigenvalue weighted by atomic mass is 9.93. The maximum Gasteiger partial charge on any atom is 0.240 e. The van der Waals surface area contributed by atoms with Crippen molar-refractivity contribution in [3.05, 3.63) is 22.4 Å². The number of nitrogens with one attached hydrogen (secondary N) is 2. The number of carbonyl (C=O) groups excluding carboxylic acids is 1. The van der Waals surface area contributed by atoms with E-state index in [0.29, 0.717) is 0 Å². The minimum absolute atomic E-state index is 0.0109. The summed E-state index contributed by atoms with van der Waals surface area (Å²) in [5.41, 5.74) is 0.444. The Morgan fingerprint density at radius 1 is 1.72 bits per heavy atom. The summed E-state index contributed by atoms with van der Waals surface area (Å²) in [6.07, 6.45) is 2.08. The van der Waals surface area contributed by atoms with Gasteiger partial charge < -0.3 is 15.7 Å². The molecule has 1 aliphatic rings. The van der Waals surface area contributed by atoms with E-state index < -0.39 is 11.6 Å². The second-order valence-corrected chi connectivity index (χ2v) is 5.53. The van der Waals surface area contributed by atoms with Gasteiger partial charge in [0.25, 0.3) is 0 Å². The summed E-state index contributed by atoms with van der Waals surface area (Å²) in [5, 5.41) is 19.9. The first-order valence-electron chi connectivity index (χ1n) is 6.41.